The molecule has 0 spiro atoms. The third-order valence-corrected chi connectivity index (χ3v) is 2.22. The number of carbonyl (C=O) groups excluding carboxylic acids is 1. The average molecular weight is 198 g/mol. The molecule has 1 heterocycles. The predicted molar refractivity (Wildman–Crippen MR) is 50.2 cm³/mol. The van der Waals surface area contributed by atoms with Gasteiger partial charge in [0.25, 0.3) is 0 Å². The topological polar surface area (TPSA) is 38.3 Å². The maximum absolute atomic E-state index is 11.1. The summed E-state index contributed by atoms with van der Waals surface area (Å²) in [6, 6.07) is 4.86. The molecule has 68 valence electrons. The van der Waals surface area contributed by atoms with Crippen LogP contribution in [-0.4, -0.2) is 12.0 Å². The molecule has 0 fully saturated rings. The number of carbonyl (C=O) groups is 1. The summed E-state index contributed by atoms with van der Waals surface area (Å²) >= 11 is 5.90. The van der Waals surface area contributed by atoms with Crippen LogP contribution >= 0.6 is 11.6 Å². The quantitative estimate of drug-likeness (QED) is 0.511. The van der Waals surface area contributed by atoms with Crippen LogP contribution in [-0.2, 0) is 4.79 Å². The van der Waals surface area contributed by atoms with Gasteiger partial charge in [-0.15, -0.1) is 0 Å². The summed E-state index contributed by atoms with van der Waals surface area (Å²) in [5.41, 5.74) is 0.691. The number of anilines is 1. The molecule has 13 heavy (non-hydrogen) atoms. The summed E-state index contributed by atoms with van der Waals surface area (Å²) in [7, 11) is 0. The first-order valence-corrected chi connectivity index (χ1v) is 4.33. The molecule has 0 saturated carbocycles. The van der Waals surface area contributed by atoms with E-state index in [-0.39, 0.29) is 12.0 Å². The maximum Gasteiger partial charge on any atom is 0.333 e. The van der Waals surface area contributed by atoms with Crippen molar-refractivity contribution in [2.24, 2.45) is 0 Å². The van der Waals surface area contributed by atoms with Crippen molar-refractivity contribution in [3.05, 3.63) is 23.2 Å². The van der Waals surface area contributed by atoms with Crippen molar-refractivity contribution in [1.29, 1.82) is 0 Å². The second kappa shape index (κ2) is 2.92. The minimum atomic E-state index is -0.340. The largest absolute Gasteiger partial charge is 0.423 e. The first-order chi connectivity index (χ1) is 6.18. The summed E-state index contributed by atoms with van der Waals surface area (Å²) in [6.45, 7) is 1.73. The Hall–Kier alpha value is -1.22. The highest BCUT2D eigenvalue weighted by molar-refractivity contribution is 6.33. The number of para-hydroxylation sites is 1. The number of rotatable bonds is 0. The van der Waals surface area contributed by atoms with Crippen molar-refractivity contribution in [3.8, 4) is 5.75 Å². The van der Waals surface area contributed by atoms with Crippen molar-refractivity contribution >= 4 is 23.3 Å². The SMILES string of the molecule is CC1Nc2c(Cl)cccc2OC1=O. The molecule has 1 aromatic rings. The fourth-order valence-corrected chi connectivity index (χ4v) is 1.42. The van der Waals surface area contributed by atoms with Gasteiger partial charge in [0, 0.05) is 0 Å². The van der Waals surface area contributed by atoms with Crippen LogP contribution in [0.4, 0.5) is 5.69 Å². The highest BCUT2D eigenvalue weighted by Gasteiger charge is 2.24. The first-order valence-electron chi connectivity index (χ1n) is 3.95. The van der Waals surface area contributed by atoms with E-state index in [1.54, 1.807) is 25.1 Å². The standard InChI is InChI=1S/C9H8ClNO2/c1-5-9(12)13-7-4-2-3-6(10)8(7)11-5/h2-5,11H,1H3. The summed E-state index contributed by atoms with van der Waals surface area (Å²) in [6.07, 6.45) is 0. The minimum Gasteiger partial charge on any atom is -0.423 e. The second-order valence-electron chi connectivity index (χ2n) is 2.90. The number of benzene rings is 1. The molecule has 1 aliphatic rings. The Morgan fingerprint density at radius 3 is 3.08 bits per heavy atom. The number of halogens is 1. The minimum absolute atomic E-state index is 0.283. The van der Waals surface area contributed by atoms with Crippen molar-refractivity contribution in [1.82, 2.24) is 0 Å². The van der Waals surface area contributed by atoms with Crippen LogP contribution in [0, 0.1) is 0 Å². The molecule has 0 bridgehead atoms. The number of esters is 1. The van der Waals surface area contributed by atoms with Crippen LogP contribution in [0.15, 0.2) is 18.2 Å². The Balaban J connectivity index is 2.48. The smallest absolute Gasteiger partial charge is 0.333 e. The van der Waals surface area contributed by atoms with Gasteiger partial charge in [-0.05, 0) is 19.1 Å². The van der Waals surface area contributed by atoms with Gasteiger partial charge < -0.3 is 10.1 Å². The molecule has 1 aromatic carbocycles. The van der Waals surface area contributed by atoms with Crippen molar-refractivity contribution < 1.29 is 9.53 Å². The van der Waals surface area contributed by atoms with Crippen LogP contribution in [0.3, 0.4) is 0 Å². The van der Waals surface area contributed by atoms with E-state index >= 15 is 0 Å². The van der Waals surface area contributed by atoms with Gasteiger partial charge in [0.05, 0.1) is 10.7 Å². The molecule has 0 saturated heterocycles. The zero-order valence-electron chi connectivity index (χ0n) is 7.00. The molecule has 0 aliphatic carbocycles. The normalized spacial score (nSPS) is 20.2. The maximum atomic E-state index is 11.1. The highest BCUT2D eigenvalue weighted by Crippen LogP contribution is 2.35. The van der Waals surface area contributed by atoms with E-state index in [1.807, 2.05) is 0 Å². The second-order valence-corrected chi connectivity index (χ2v) is 3.31. The average Bonchev–Trinajstić information content (AvgIpc) is 2.09. The van der Waals surface area contributed by atoms with Gasteiger partial charge in [-0.1, -0.05) is 17.7 Å². The Morgan fingerprint density at radius 1 is 1.54 bits per heavy atom. The molecule has 1 aliphatic heterocycles. The molecule has 0 amide bonds. The molecule has 2 rings (SSSR count). The summed E-state index contributed by atoms with van der Waals surface area (Å²) < 4.78 is 5.04. The third-order valence-electron chi connectivity index (χ3n) is 1.90. The Kier molecular flexibility index (Phi) is 1.88. The van der Waals surface area contributed by atoms with E-state index in [0.717, 1.165) is 0 Å². The monoisotopic (exact) mass is 197 g/mol. The van der Waals surface area contributed by atoms with Crippen LogP contribution < -0.4 is 10.1 Å². The highest BCUT2D eigenvalue weighted by atomic mass is 35.5. The van der Waals surface area contributed by atoms with Gasteiger partial charge in [0.2, 0.25) is 0 Å². The van der Waals surface area contributed by atoms with Gasteiger partial charge in [0.1, 0.15) is 6.04 Å². The molecule has 1 atom stereocenters. The lowest BCUT2D eigenvalue weighted by Crippen LogP contribution is -2.34. The fourth-order valence-electron chi connectivity index (χ4n) is 1.20. The van der Waals surface area contributed by atoms with Crippen LogP contribution in [0.2, 0.25) is 5.02 Å². The number of nitrogens with one attached hydrogen (secondary N) is 1. The van der Waals surface area contributed by atoms with Crippen LogP contribution in [0.25, 0.3) is 0 Å². The molecule has 3 nitrogen and oxygen atoms in total. The zero-order valence-corrected chi connectivity index (χ0v) is 7.76. The lowest BCUT2D eigenvalue weighted by atomic mass is 10.2. The van der Waals surface area contributed by atoms with Crippen LogP contribution in [0.1, 0.15) is 6.92 Å². The Labute approximate surface area is 80.6 Å². The van der Waals surface area contributed by atoms with Crippen molar-refractivity contribution in [2.45, 2.75) is 13.0 Å². The zero-order chi connectivity index (χ0) is 9.42. The molecule has 0 aromatic heterocycles. The summed E-state index contributed by atoms with van der Waals surface area (Å²) in [4.78, 5) is 11.1. The van der Waals surface area contributed by atoms with Gasteiger partial charge in [-0.2, -0.15) is 0 Å². The van der Waals surface area contributed by atoms with Gasteiger partial charge in [-0.3, -0.25) is 0 Å². The lowest BCUT2D eigenvalue weighted by molar-refractivity contribution is -0.135. The number of hydrogen-bond acceptors (Lipinski definition) is 3. The van der Waals surface area contributed by atoms with E-state index in [2.05, 4.69) is 5.32 Å². The van der Waals surface area contributed by atoms with Crippen molar-refractivity contribution in [2.75, 3.05) is 5.32 Å². The first kappa shape index (κ1) is 8.38. The Bertz CT molecular complexity index is 365. The summed E-state index contributed by atoms with van der Waals surface area (Å²) in [5.74, 6) is 0.213. The van der Waals surface area contributed by atoms with E-state index in [0.29, 0.717) is 16.5 Å². The van der Waals surface area contributed by atoms with E-state index in [9.17, 15) is 4.79 Å². The van der Waals surface area contributed by atoms with Crippen LogP contribution in [0.5, 0.6) is 5.75 Å². The number of fused-ring (bicyclic) bond motifs is 1. The molecule has 4 heteroatoms. The van der Waals surface area contributed by atoms with Gasteiger partial charge in [0.15, 0.2) is 5.75 Å². The fraction of sp³-hybridized carbons (Fsp3) is 0.222. The Morgan fingerprint density at radius 2 is 2.31 bits per heavy atom. The molecular weight excluding hydrogens is 190 g/mol. The molecule has 1 unspecified atom stereocenters. The summed E-state index contributed by atoms with van der Waals surface area (Å²) in [5, 5.41) is 3.54. The molecule has 1 N–H and O–H groups in total. The van der Waals surface area contributed by atoms with Gasteiger partial charge in [-0.25, -0.2) is 4.79 Å². The number of ether oxygens (including phenoxy) is 1. The van der Waals surface area contributed by atoms with Crippen molar-refractivity contribution in [3.63, 3.8) is 0 Å². The van der Waals surface area contributed by atoms with E-state index in [1.165, 1.54) is 0 Å². The molecule has 0 radical (unpaired) electrons. The molecular formula is C9H8ClNO2. The predicted octanol–water partition coefficient (Wildman–Crippen LogP) is 2.06. The van der Waals surface area contributed by atoms with Gasteiger partial charge >= 0.3 is 5.97 Å². The number of hydrogen-bond donors (Lipinski definition) is 1. The van der Waals surface area contributed by atoms with E-state index in [4.69, 9.17) is 16.3 Å². The lowest BCUT2D eigenvalue weighted by Gasteiger charge is -2.23. The third kappa shape index (κ3) is 1.35. The van der Waals surface area contributed by atoms with E-state index < -0.39 is 0 Å².